The SMILES string of the molecule is CC1(C)c2ccccc2-c2cccc(-c3cc(B(O)O)cc(-c4cccc5c4C(C)(C)c4ccccc4-5)c3)c21. The van der Waals surface area contributed by atoms with Gasteiger partial charge in [0.2, 0.25) is 0 Å². The van der Waals surface area contributed by atoms with Crippen molar-refractivity contribution in [2.24, 2.45) is 0 Å². The second-order valence-electron chi connectivity index (χ2n) is 12.0. The van der Waals surface area contributed by atoms with Gasteiger partial charge in [-0.2, -0.15) is 0 Å². The molecule has 5 aromatic rings. The highest BCUT2D eigenvalue weighted by Gasteiger charge is 2.39. The van der Waals surface area contributed by atoms with E-state index in [1.54, 1.807) is 0 Å². The van der Waals surface area contributed by atoms with Crippen LogP contribution in [0.1, 0.15) is 49.9 Å². The van der Waals surface area contributed by atoms with Crippen LogP contribution in [0, 0.1) is 0 Å². The highest BCUT2D eigenvalue weighted by atomic mass is 16.4. The maximum Gasteiger partial charge on any atom is 0.488 e. The van der Waals surface area contributed by atoms with Crippen molar-refractivity contribution in [2.75, 3.05) is 0 Å². The maximum absolute atomic E-state index is 10.4. The van der Waals surface area contributed by atoms with Crippen LogP contribution in [-0.4, -0.2) is 17.2 Å². The first-order valence-corrected chi connectivity index (χ1v) is 13.7. The van der Waals surface area contributed by atoms with Crippen molar-refractivity contribution in [1.82, 2.24) is 0 Å². The molecule has 190 valence electrons. The van der Waals surface area contributed by atoms with E-state index in [2.05, 4.69) is 119 Å². The van der Waals surface area contributed by atoms with Gasteiger partial charge in [0.05, 0.1) is 0 Å². The molecule has 0 saturated carbocycles. The van der Waals surface area contributed by atoms with Crippen LogP contribution in [0.15, 0.2) is 103 Å². The summed E-state index contributed by atoms with van der Waals surface area (Å²) >= 11 is 0. The van der Waals surface area contributed by atoms with Crippen LogP contribution in [0.3, 0.4) is 0 Å². The minimum atomic E-state index is -1.56. The maximum atomic E-state index is 10.4. The lowest BCUT2D eigenvalue weighted by Gasteiger charge is -2.26. The summed E-state index contributed by atoms with van der Waals surface area (Å²) in [7, 11) is -1.56. The van der Waals surface area contributed by atoms with E-state index < -0.39 is 7.12 Å². The molecule has 0 fully saturated rings. The monoisotopic (exact) mass is 506 g/mol. The fraction of sp³-hybridized carbons (Fsp3) is 0.167. The lowest BCUT2D eigenvalue weighted by atomic mass is 9.73. The highest BCUT2D eigenvalue weighted by molar-refractivity contribution is 6.58. The summed E-state index contributed by atoms with van der Waals surface area (Å²) in [6, 6.07) is 36.4. The minimum absolute atomic E-state index is 0.172. The molecule has 39 heavy (non-hydrogen) atoms. The standard InChI is InChI=1S/C36H31BO2/c1-35(2)31-17-7-5-11-27(31)29-15-9-13-25(33(29)35)22-19-23(21-24(20-22)37(38)39)26-14-10-16-30-28-12-6-8-18-32(28)36(3,4)34(26)30/h5-21,38-39H,1-4H3. The summed E-state index contributed by atoms with van der Waals surface area (Å²) in [4.78, 5) is 0. The number of fused-ring (bicyclic) bond motifs is 6. The summed E-state index contributed by atoms with van der Waals surface area (Å²) in [6.45, 7) is 9.15. The predicted molar refractivity (Wildman–Crippen MR) is 162 cm³/mol. The lowest BCUT2D eigenvalue weighted by molar-refractivity contribution is 0.426. The molecule has 0 heterocycles. The molecule has 2 nitrogen and oxygen atoms in total. The zero-order valence-electron chi connectivity index (χ0n) is 22.8. The molecule has 0 radical (unpaired) electrons. The summed E-state index contributed by atoms with van der Waals surface area (Å²) in [6.07, 6.45) is 0. The third kappa shape index (κ3) is 3.37. The molecule has 0 saturated heterocycles. The van der Waals surface area contributed by atoms with Gasteiger partial charge in [0.15, 0.2) is 0 Å². The van der Waals surface area contributed by atoms with Gasteiger partial charge < -0.3 is 10.0 Å². The van der Waals surface area contributed by atoms with E-state index in [1.165, 1.54) is 44.5 Å². The summed E-state index contributed by atoms with van der Waals surface area (Å²) in [5.74, 6) is 0. The Morgan fingerprint density at radius 3 is 1.28 bits per heavy atom. The van der Waals surface area contributed by atoms with Crippen molar-refractivity contribution in [3.05, 3.63) is 125 Å². The Bertz CT molecular complexity index is 1670. The van der Waals surface area contributed by atoms with Gasteiger partial charge in [-0.15, -0.1) is 0 Å². The molecule has 3 heteroatoms. The molecular formula is C36H31BO2. The average Bonchev–Trinajstić information content (AvgIpc) is 3.33. The lowest BCUT2D eigenvalue weighted by Crippen LogP contribution is -2.30. The molecule has 0 atom stereocenters. The zero-order valence-corrected chi connectivity index (χ0v) is 22.8. The molecule has 0 bridgehead atoms. The predicted octanol–water partition coefficient (Wildman–Crippen LogP) is 7.31. The minimum Gasteiger partial charge on any atom is -0.423 e. The molecule has 0 spiro atoms. The van der Waals surface area contributed by atoms with Gasteiger partial charge >= 0.3 is 7.12 Å². The molecule has 2 aliphatic carbocycles. The smallest absolute Gasteiger partial charge is 0.423 e. The second kappa shape index (κ2) is 8.29. The van der Waals surface area contributed by atoms with Crippen LogP contribution in [0.4, 0.5) is 0 Å². The van der Waals surface area contributed by atoms with Crippen LogP contribution < -0.4 is 5.46 Å². The first-order valence-electron chi connectivity index (χ1n) is 13.7. The van der Waals surface area contributed by atoms with E-state index >= 15 is 0 Å². The molecular weight excluding hydrogens is 475 g/mol. The fourth-order valence-corrected chi connectivity index (χ4v) is 7.29. The Balaban J connectivity index is 1.48. The fourth-order valence-electron chi connectivity index (χ4n) is 7.29. The second-order valence-corrected chi connectivity index (χ2v) is 12.0. The first-order chi connectivity index (χ1) is 18.7. The topological polar surface area (TPSA) is 40.5 Å². The summed E-state index contributed by atoms with van der Waals surface area (Å²) in [5, 5.41) is 20.8. The van der Waals surface area contributed by atoms with Crippen molar-refractivity contribution in [3.8, 4) is 44.5 Å². The van der Waals surface area contributed by atoms with Gasteiger partial charge in [0.1, 0.15) is 0 Å². The number of hydrogen-bond donors (Lipinski definition) is 2. The number of hydrogen-bond acceptors (Lipinski definition) is 2. The van der Waals surface area contributed by atoms with Gasteiger partial charge in [-0.1, -0.05) is 125 Å². The van der Waals surface area contributed by atoms with Gasteiger partial charge in [-0.3, -0.25) is 0 Å². The Kier molecular flexibility index (Phi) is 5.13. The molecule has 7 rings (SSSR count). The van der Waals surface area contributed by atoms with Crippen molar-refractivity contribution < 1.29 is 10.0 Å². The van der Waals surface area contributed by atoms with Crippen LogP contribution in [0.25, 0.3) is 44.5 Å². The van der Waals surface area contributed by atoms with E-state index in [1.807, 2.05) is 12.1 Å². The van der Waals surface area contributed by atoms with Gasteiger partial charge in [-0.05, 0) is 78.3 Å². The van der Waals surface area contributed by atoms with E-state index in [0.717, 1.165) is 22.3 Å². The van der Waals surface area contributed by atoms with Crippen LogP contribution >= 0.6 is 0 Å². The van der Waals surface area contributed by atoms with Crippen molar-refractivity contribution in [1.29, 1.82) is 0 Å². The largest absolute Gasteiger partial charge is 0.488 e. The third-order valence-electron chi connectivity index (χ3n) is 9.04. The molecule has 0 aromatic heterocycles. The van der Waals surface area contributed by atoms with E-state index in [-0.39, 0.29) is 10.8 Å². The van der Waals surface area contributed by atoms with Crippen molar-refractivity contribution >= 4 is 12.6 Å². The molecule has 2 aliphatic rings. The average molecular weight is 506 g/mol. The Hall–Kier alpha value is -3.92. The zero-order chi connectivity index (χ0) is 27.1. The van der Waals surface area contributed by atoms with Crippen LogP contribution in [-0.2, 0) is 10.8 Å². The Morgan fingerprint density at radius 2 is 0.846 bits per heavy atom. The van der Waals surface area contributed by atoms with Crippen LogP contribution in [0.2, 0.25) is 0 Å². The van der Waals surface area contributed by atoms with E-state index in [0.29, 0.717) is 5.46 Å². The third-order valence-corrected chi connectivity index (χ3v) is 9.04. The van der Waals surface area contributed by atoms with Crippen LogP contribution in [0.5, 0.6) is 0 Å². The molecule has 0 unspecified atom stereocenters. The normalized spacial score (nSPS) is 15.3. The van der Waals surface area contributed by atoms with Gasteiger partial charge in [0.25, 0.3) is 0 Å². The number of benzene rings is 5. The number of rotatable bonds is 3. The molecule has 5 aromatic carbocycles. The van der Waals surface area contributed by atoms with Crippen molar-refractivity contribution in [3.63, 3.8) is 0 Å². The summed E-state index contributed by atoms with van der Waals surface area (Å²) < 4.78 is 0. The Labute approximate surface area is 230 Å². The quantitative estimate of drug-likeness (QED) is 0.252. The molecule has 2 N–H and O–H groups in total. The van der Waals surface area contributed by atoms with Crippen molar-refractivity contribution in [2.45, 2.75) is 38.5 Å². The summed E-state index contributed by atoms with van der Waals surface area (Å²) in [5.41, 5.74) is 14.7. The Morgan fingerprint density at radius 1 is 0.462 bits per heavy atom. The first kappa shape index (κ1) is 24.1. The van der Waals surface area contributed by atoms with E-state index in [4.69, 9.17) is 0 Å². The molecule has 0 amide bonds. The van der Waals surface area contributed by atoms with E-state index in [9.17, 15) is 10.0 Å². The highest BCUT2D eigenvalue weighted by Crippen LogP contribution is 2.54. The molecule has 0 aliphatic heterocycles. The van der Waals surface area contributed by atoms with Gasteiger partial charge in [-0.25, -0.2) is 0 Å². The van der Waals surface area contributed by atoms with Gasteiger partial charge in [0, 0.05) is 10.8 Å².